The molecule has 1 aromatic carbocycles. The first kappa shape index (κ1) is 15.5. The fourth-order valence-electron chi connectivity index (χ4n) is 2.24. The second-order valence-electron chi connectivity index (χ2n) is 5.18. The highest BCUT2D eigenvalue weighted by atomic mass is 79.9. The number of halogens is 1. The summed E-state index contributed by atoms with van der Waals surface area (Å²) in [6, 6.07) is 10.7. The molecule has 2 nitrogen and oxygen atoms in total. The largest absolute Gasteiger partial charge is 0.389 e. The zero-order valence-electron chi connectivity index (χ0n) is 12.0. The smallest absolute Gasteiger partial charge is 0.0782 e. The summed E-state index contributed by atoms with van der Waals surface area (Å²) in [6.07, 6.45) is -0.470. The maximum Gasteiger partial charge on any atom is 0.0782 e. The van der Waals surface area contributed by atoms with Gasteiger partial charge in [-0.1, -0.05) is 28.1 Å². The molecule has 20 heavy (non-hydrogen) atoms. The van der Waals surface area contributed by atoms with Gasteiger partial charge < -0.3 is 10.0 Å². The van der Waals surface area contributed by atoms with Crippen LogP contribution in [-0.4, -0.2) is 11.1 Å². The summed E-state index contributed by atoms with van der Waals surface area (Å²) in [5.74, 6) is 0. The van der Waals surface area contributed by atoms with Crippen molar-refractivity contribution < 1.29 is 5.11 Å². The second-order valence-corrected chi connectivity index (χ2v) is 7.13. The Labute approximate surface area is 133 Å². The summed E-state index contributed by atoms with van der Waals surface area (Å²) in [5, 5.41) is 12.1. The molecule has 0 spiro atoms. The maximum absolute atomic E-state index is 10.0. The van der Waals surface area contributed by atoms with Gasteiger partial charge in [-0.05, 0) is 44.4 Å². The van der Waals surface area contributed by atoms with Crippen molar-refractivity contribution in [1.82, 2.24) is 0 Å². The molecule has 2 aromatic rings. The topological polar surface area (TPSA) is 23.5 Å². The van der Waals surface area contributed by atoms with Gasteiger partial charge in [0.15, 0.2) is 0 Å². The Bertz CT molecular complexity index is 552. The highest BCUT2D eigenvalue weighted by Crippen LogP contribution is 2.32. The van der Waals surface area contributed by atoms with E-state index in [9.17, 15) is 5.11 Å². The lowest BCUT2D eigenvalue weighted by Gasteiger charge is -2.31. The Morgan fingerprint density at radius 3 is 2.55 bits per heavy atom. The third-order valence-electron chi connectivity index (χ3n) is 3.28. The van der Waals surface area contributed by atoms with Gasteiger partial charge in [-0.2, -0.15) is 0 Å². The van der Waals surface area contributed by atoms with Crippen molar-refractivity contribution >= 4 is 33.0 Å². The summed E-state index contributed by atoms with van der Waals surface area (Å²) < 4.78 is 1.04. The van der Waals surface area contributed by atoms with Crippen LogP contribution in [0, 0.1) is 0 Å². The summed E-state index contributed by atoms with van der Waals surface area (Å²) in [4.78, 5) is 3.66. The van der Waals surface area contributed by atoms with Crippen molar-refractivity contribution in [2.45, 2.75) is 39.5 Å². The molecule has 1 aromatic heterocycles. The first-order chi connectivity index (χ1) is 9.49. The van der Waals surface area contributed by atoms with Crippen molar-refractivity contribution in [2.75, 3.05) is 4.90 Å². The van der Waals surface area contributed by atoms with Gasteiger partial charge in [-0.25, -0.2) is 0 Å². The lowest BCUT2D eigenvalue weighted by Crippen LogP contribution is -2.31. The molecule has 1 heterocycles. The van der Waals surface area contributed by atoms with E-state index in [-0.39, 0.29) is 0 Å². The van der Waals surface area contributed by atoms with Gasteiger partial charge in [0.05, 0.1) is 12.6 Å². The molecule has 0 saturated carbocycles. The van der Waals surface area contributed by atoms with E-state index in [4.69, 9.17) is 0 Å². The number of aliphatic hydroxyl groups is 1. The van der Waals surface area contributed by atoms with Crippen LogP contribution in [-0.2, 0) is 6.54 Å². The molecule has 0 aliphatic carbocycles. The quantitative estimate of drug-likeness (QED) is 0.819. The molecular formula is C16H20BrNOS. The number of anilines is 1. The number of hydrogen-bond donors (Lipinski definition) is 1. The predicted octanol–water partition coefficient (Wildman–Crippen LogP) is 4.98. The van der Waals surface area contributed by atoms with Crippen molar-refractivity contribution in [3.8, 4) is 0 Å². The highest BCUT2D eigenvalue weighted by Gasteiger charge is 2.18. The molecule has 0 bridgehead atoms. The molecular weight excluding hydrogens is 334 g/mol. The molecule has 0 radical (unpaired) electrons. The second kappa shape index (κ2) is 6.74. The van der Waals surface area contributed by atoms with E-state index < -0.39 is 6.10 Å². The number of thiophene rings is 1. The van der Waals surface area contributed by atoms with Crippen LogP contribution in [0.3, 0.4) is 0 Å². The molecule has 0 amide bonds. The highest BCUT2D eigenvalue weighted by molar-refractivity contribution is 9.10. The number of nitrogens with zero attached hydrogens (tertiary/aromatic N) is 1. The molecule has 0 fully saturated rings. The number of rotatable bonds is 5. The Balaban J connectivity index is 2.40. The van der Waals surface area contributed by atoms with E-state index in [1.54, 1.807) is 11.3 Å². The van der Waals surface area contributed by atoms with Crippen molar-refractivity contribution in [3.63, 3.8) is 0 Å². The summed E-state index contributed by atoms with van der Waals surface area (Å²) in [5.41, 5.74) is 2.07. The fourth-order valence-corrected chi connectivity index (χ4v) is 3.29. The lowest BCUT2D eigenvalue weighted by molar-refractivity contribution is 0.199. The average Bonchev–Trinajstić information content (AvgIpc) is 2.87. The van der Waals surface area contributed by atoms with Gasteiger partial charge >= 0.3 is 0 Å². The third-order valence-corrected chi connectivity index (χ3v) is 4.64. The van der Waals surface area contributed by atoms with E-state index in [1.807, 2.05) is 19.1 Å². The standard InChI is InChI=1S/C16H20BrNOS/c1-11(2)18(10-14-5-4-8-20-14)16-9-13(17)6-7-15(16)12(3)19/h4-9,11-12,19H,10H2,1-3H3. The average molecular weight is 354 g/mol. The number of aliphatic hydroxyl groups excluding tert-OH is 1. The van der Waals surface area contributed by atoms with E-state index in [2.05, 4.69) is 58.3 Å². The van der Waals surface area contributed by atoms with Crippen LogP contribution in [0.15, 0.2) is 40.2 Å². The molecule has 0 aliphatic heterocycles. The van der Waals surface area contributed by atoms with E-state index >= 15 is 0 Å². The zero-order valence-corrected chi connectivity index (χ0v) is 14.4. The summed E-state index contributed by atoms with van der Waals surface area (Å²) in [7, 11) is 0. The van der Waals surface area contributed by atoms with Crippen LogP contribution < -0.4 is 4.90 Å². The van der Waals surface area contributed by atoms with E-state index in [0.29, 0.717) is 6.04 Å². The molecule has 2 rings (SSSR count). The molecule has 0 aliphatic rings. The SMILES string of the molecule is CC(O)c1ccc(Br)cc1N(Cc1cccs1)C(C)C. The molecule has 1 unspecified atom stereocenters. The van der Waals surface area contributed by atoms with Crippen LogP contribution in [0.2, 0.25) is 0 Å². The third kappa shape index (κ3) is 3.62. The molecule has 1 N–H and O–H groups in total. The maximum atomic E-state index is 10.0. The Hall–Kier alpha value is -0.840. The summed E-state index contributed by atoms with van der Waals surface area (Å²) in [6.45, 7) is 7.04. The molecule has 108 valence electrons. The van der Waals surface area contributed by atoms with Gasteiger partial charge in [0.2, 0.25) is 0 Å². The van der Waals surface area contributed by atoms with Crippen molar-refractivity contribution in [1.29, 1.82) is 0 Å². The molecule has 1 atom stereocenters. The lowest BCUT2D eigenvalue weighted by atomic mass is 10.1. The Morgan fingerprint density at radius 2 is 2.00 bits per heavy atom. The fraction of sp³-hybridized carbons (Fsp3) is 0.375. The van der Waals surface area contributed by atoms with Crippen LogP contribution in [0.5, 0.6) is 0 Å². The Kier molecular flexibility index (Phi) is 5.24. The van der Waals surface area contributed by atoms with Gasteiger partial charge in [-0.3, -0.25) is 0 Å². The van der Waals surface area contributed by atoms with E-state index in [1.165, 1.54) is 4.88 Å². The first-order valence-electron chi connectivity index (χ1n) is 6.75. The molecule has 4 heteroatoms. The van der Waals surface area contributed by atoms with E-state index in [0.717, 1.165) is 22.3 Å². The van der Waals surface area contributed by atoms with Gasteiger partial charge in [-0.15, -0.1) is 11.3 Å². The first-order valence-corrected chi connectivity index (χ1v) is 8.43. The minimum Gasteiger partial charge on any atom is -0.389 e. The zero-order chi connectivity index (χ0) is 14.7. The van der Waals surface area contributed by atoms with Gasteiger partial charge in [0, 0.05) is 26.6 Å². The van der Waals surface area contributed by atoms with Crippen LogP contribution in [0.4, 0.5) is 5.69 Å². The van der Waals surface area contributed by atoms with Gasteiger partial charge in [0.25, 0.3) is 0 Å². The summed E-state index contributed by atoms with van der Waals surface area (Å²) >= 11 is 5.30. The minimum absolute atomic E-state index is 0.365. The predicted molar refractivity (Wildman–Crippen MR) is 90.4 cm³/mol. The van der Waals surface area contributed by atoms with Crippen molar-refractivity contribution in [2.24, 2.45) is 0 Å². The van der Waals surface area contributed by atoms with Crippen molar-refractivity contribution in [3.05, 3.63) is 50.6 Å². The molecule has 0 saturated heterocycles. The normalized spacial score (nSPS) is 12.7. The number of benzene rings is 1. The van der Waals surface area contributed by atoms with Crippen LogP contribution in [0.1, 0.15) is 37.3 Å². The Morgan fingerprint density at radius 1 is 1.25 bits per heavy atom. The minimum atomic E-state index is -0.470. The van der Waals surface area contributed by atoms with Crippen LogP contribution in [0.25, 0.3) is 0 Å². The van der Waals surface area contributed by atoms with Crippen LogP contribution >= 0.6 is 27.3 Å². The van der Waals surface area contributed by atoms with Gasteiger partial charge in [0.1, 0.15) is 0 Å². The number of hydrogen-bond acceptors (Lipinski definition) is 3. The monoisotopic (exact) mass is 353 g/mol.